The Balaban J connectivity index is 1.59. The van der Waals surface area contributed by atoms with Crippen molar-refractivity contribution in [2.45, 2.75) is 31.8 Å². The van der Waals surface area contributed by atoms with E-state index in [1.54, 1.807) is 18.0 Å². The molecule has 0 amide bonds. The molecule has 0 atom stereocenters. The van der Waals surface area contributed by atoms with Crippen LogP contribution in [0.2, 0.25) is 5.02 Å². The molecular weight excluding hydrogens is 340 g/mol. The second kappa shape index (κ2) is 8.54. The lowest BCUT2D eigenvalue weighted by Crippen LogP contribution is -2.27. The Hall–Kier alpha value is -1.52. The Morgan fingerprint density at radius 3 is 2.50 bits per heavy atom. The van der Waals surface area contributed by atoms with Crippen molar-refractivity contribution in [3.05, 3.63) is 53.7 Å². The zero-order chi connectivity index (χ0) is 16.8. The van der Waals surface area contributed by atoms with Gasteiger partial charge in [-0.1, -0.05) is 17.7 Å². The van der Waals surface area contributed by atoms with Gasteiger partial charge in [0, 0.05) is 23.2 Å². The number of aliphatic imine (C=N–C) groups is 1. The van der Waals surface area contributed by atoms with Gasteiger partial charge in [0.1, 0.15) is 6.10 Å². The van der Waals surface area contributed by atoms with Crippen molar-refractivity contribution in [2.24, 2.45) is 10.9 Å². The van der Waals surface area contributed by atoms with Crippen LogP contribution in [0, 0.1) is 5.92 Å². The third kappa shape index (κ3) is 4.74. The molecule has 1 fully saturated rings. The lowest BCUT2D eigenvalue weighted by molar-refractivity contribution is 0.139. The number of halogens is 1. The number of benzene rings is 1. The van der Waals surface area contributed by atoms with E-state index < -0.39 is 0 Å². The Labute approximate surface area is 152 Å². The second-order valence-corrected chi connectivity index (χ2v) is 7.15. The summed E-state index contributed by atoms with van der Waals surface area (Å²) in [6.45, 7) is 0. The van der Waals surface area contributed by atoms with Gasteiger partial charge in [-0.25, -0.2) is 9.98 Å². The number of pyridine rings is 1. The van der Waals surface area contributed by atoms with E-state index in [2.05, 4.69) is 11.2 Å². The first-order chi connectivity index (χ1) is 11.7. The van der Waals surface area contributed by atoms with Crippen molar-refractivity contribution in [3.8, 4) is 5.88 Å². The van der Waals surface area contributed by atoms with Crippen molar-refractivity contribution in [1.82, 2.24) is 4.98 Å². The normalized spacial score (nSPS) is 21.5. The molecule has 0 unspecified atom stereocenters. The van der Waals surface area contributed by atoms with Crippen LogP contribution >= 0.6 is 23.4 Å². The molecule has 3 nitrogen and oxygen atoms in total. The molecule has 2 aromatic rings. The molecule has 0 spiro atoms. The van der Waals surface area contributed by atoms with E-state index in [0.717, 1.165) is 42.3 Å². The average molecular weight is 361 g/mol. The summed E-state index contributed by atoms with van der Waals surface area (Å²) in [6, 6.07) is 13.5. The van der Waals surface area contributed by atoms with E-state index in [0.29, 0.717) is 5.92 Å². The summed E-state index contributed by atoms with van der Waals surface area (Å²) in [6.07, 6.45) is 8.42. The summed E-state index contributed by atoms with van der Waals surface area (Å²) in [7, 11) is 0. The molecule has 1 aromatic carbocycles. The van der Waals surface area contributed by atoms with Crippen LogP contribution < -0.4 is 4.74 Å². The molecule has 0 N–H and O–H groups in total. The van der Waals surface area contributed by atoms with Crippen molar-refractivity contribution >= 4 is 34.1 Å². The molecule has 0 bridgehead atoms. The fourth-order valence-corrected chi connectivity index (χ4v) is 3.85. The standard InChI is InChI=1S/C19H21ClN2OS/c1-24-19(22-16-9-7-15(20)8-10-16)14-5-11-17(12-6-14)23-18-4-2-3-13-21-18/h2-4,7-10,13-14,17H,5-6,11-12H2,1H3/b22-19-/t14-,17-. The molecule has 126 valence electrons. The van der Waals surface area contributed by atoms with E-state index >= 15 is 0 Å². The number of hydrogen-bond donors (Lipinski definition) is 0. The third-order valence-corrected chi connectivity index (χ3v) is 5.32. The fraction of sp³-hybridized carbons (Fsp3) is 0.368. The van der Waals surface area contributed by atoms with Gasteiger partial charge in [-0.3, -0.25) is 0 Å². The van der Waals surface area contributed by atoms with Gasteiger partial charge in [0.15, 0.2) is 0 Å². The number of hydrogen-bond acceptors (Lipinski definition) is 4. The van der Waals surface area contributed by atoms with Crippen LogP contribution in [0.4, 0.5) is 5.69 Å². The van der Waals surface area contributed by atoms with Gasteiger partial charge in [0.25, 0.3) is 0 Å². The van der Waals surface area contributed by atoms with Crippen LogP contribution in [0.25, 0.3) is 0 Å². The molecule has 0 aliphatic heterocycles. The van der Waals surface area contributed by atoms with E-state index in [4.69, 9.17) is 21.3 Å². The highest BCUT2D eigenvalue weighted by Gasteiger charge is 2.26. The Kier molecular flexibility index (Phi) is 6.16. The van der Waals surface area contributed by atoms with Gasteiger partial charge >= 0.3 is 0 Å². The van der Waals surface area contributed by atoms with Crippen LogP contribution in [-0.2, 0) is 0 Å². The van der Waals surface area contributed by atoms with Crippen molar-refractivity contribution in [1.29, 1.82) is 0 Å². The zero-order valence-electron chi connectivity index (χ0n) is 13.7. The fourth-order valence-electron chi connectivity index (χ4n) is 2.96. The number of thioether (sulfide) groups is 1. The summed E-state index contributed by atoms with van der Waals surface area (Å²) in [4.78, 5) is 9.06. The summed E-state index contributed by atoms with van der Waals surface area (Å²) in [5, 5.41) is 1.94. The maximum Gasteiger partial charge on any atom is 0.213 e. The minimum atomic E-state index is 0.259. The lowest BCUT2D eigenvalue weighted by Gasteiger charge is -2.29. The Morgan fingerprint density at radius 1 is 1.12 bits per heavy atom. The second-order valence-electron chi connectivity index (χ2n) is 5.89. The predicted molar refractivity (Wildman–Crippen MR) is 103 cm³/mol. The molecule has 0 radical (unpaired) electrons. The first-order valence-corrected chi connectivity index (χ1v) is 9.80. The molecule has 1 aliphatic rings. The minimum absolute atomic E-state index is 0.259. The van der Waals surface area contributed by atoms with E-state index in [9.17, 15) is 0 Å². The number of rotatable bonds is 4. The van der Waals surface area contributed by atoms with E-state index in [-0.39, 0.29) is 6.10 Å². The maximum atomic E-state index is 5.98. The highest BCUT2D eigenvalue weighted by atomic mass is 35.5. The van der Waals surface area contributed by atoms with Crippen molar-refractivity contribution in [3.63, 3.8) is 0 Å². The highest BCUT2D eigenvalue weighted by molar-refractivity contribution is 8.13. The predicted octanol–water partition coefficient (Wildman–Crippen LogP) is 5.77. The van der Waals surface area contributed by atoms with Crippen LogP contribution in [-0.4, -0.2) is 22.4 Å². The average Bonchev–Trinajstić information content (AvgIpc) is 2.63. The SMILES string of the molecule is CS/C(=N\c1ccc(Cl)cc1)[C@H]1CC[C@H](Oc2ccccn2)CC1. The van der Waals surface area contributed by atoms with Gasteiger partial charge in [-0.2, -0.15) is 0 Å². The van der Waals surface area contributed by atoms with E-state index in [1.165, 1.54) is 5.04 Å². The van der Waals surface area contributed by atoms with Crippen LogP contribution in [0.5, 0.6) is 5.88 Å². The monoisotopic (exact) mass is 360 g/mol. The number of aromatic nitrogens is 1. The molecule has 5 heteroatoms. The van der Waals surface area contributed by atoms with Gasteiger partial charge in [-0.05, 0) is 62.3 Å². The first kappa shape index (κ1) is 17.3. The summed E-state index contributed by atoms with van der Waals surface area (Å²) >= 11 is 7.69. The maximum absolute atomic E-state index is 5.98. The molecule has 1 heterocycles. The summed E-state index contributed by atoms with van der Waals surface area (Å²) < 4.78 is 5.98. The Bertz CT molecular complexity index is 668. The van der Waals surface area contributed by atoms with Crippen LogP contribution in [0.3, 0.4) is 0 Å². The molecule has 3 rings (SSSR count). The van der Waals surface area contributed by atoms with Gasteiger partial charge in [-0.15, -0.1) is 11.8 Å². The number of nitrogens with zero attached hydrogens (tertiary/aromatic N) is 2. The molecular formula is C19H21ClN2OS. The summed E-state index contributed by atoms with van der Waals surface area (Å²) in [5.41, 5.74) is 0.968. The Morgan fingerprint density at radius 2 is 1.88 bits per heavy atom. The van der Waals surface area contributed by atoms with Gasteiger partial charge in [0.05, 0.1) is 10.7 Å². The third-order valence-electron chi connectivity index (χ3n) is 4.22. The molecule has 1 saturated carbocycles. The summed E-state index contributed by atoms with van der Waals surface area (Å²) in [5.74, 6) is 1.24. The van der Waals surface area contributed by atoms with Crippen molar-refractivity contribution < 1.29 is 4.74 Å². The van der Waals surface area contributed by atoms with Gasteiger partial charge in [0.2, 0.25) is 5.88 Å². The van der Waals surface area contributed by atoms with E-state index in [1.807, 2.05) is 42.5 Å². The lowest BCUT2D eigenvalue weighted by atomic mass is 9.88. The largest absolute Gasteiger partial charge is 0.474 e. The van der Waals surface area contributed by atoms with Crippen molar-refractivity contribution in [2.75, 3.05) is 6.26 Å². The molecule has 1 aliphatic carbocycles. The molecule has 24 heavy (non-hydrogen) atoms. The topological polar surface area (TPSA) is 34.5 Å². The first-order valence-electron chi connectivity index (χ1n) is 8.20. The zero-order valence-corrected chi connectivity index (χ0v) is 15.3. The number of ether oxygens (including phenoxy) is 1. The highest BCUT2D eigenvalue weighted by Crippen LogP contribution is 2.32. The smallest absolute Gasteiger partial charge is 0.213 e. The van der Waals surface area contributed by atoms with Crippen LogP contribution in [0.15, 0.2) is 53.7 Å². The quantitative estimate of drug-likeness (QED) is 0.513. The molecule has 0 saturated heterocycles. The minimum Gasteiger partial charge on any atom is -0.474 e. The van der Waals surface area contributed by atoms with Gasteiger partial charge < -0.3 is 4.74 Å². The van der Waals surface area contributed by atoms with Crippen LogP contribution in [0.1, 0.15) is 25.7 Å². The molecule has 1 aromatic heterocycles.